The number of pyridine rings is 3. The molecule has 6 aromatic heterocycles. The number of rotatable bonds is 3. The van der Waals surface area contributed by atoms with Gasteiger partial charge in [-0.2, -0.15) is 0 Å². The molecule has 3 aliphatic rings. The first-order chi connectivity index (χ1) is 24.2. The second-order valence-corrected chi connectivity index (χ2v) is 11.8. The third-order valence-corrected chi connectivity index (χ3v) is 8.88. The van der Waals surface area contributed by atoms with Crippen LogP contribution in [0, 0.1) is 0 Å². The molecular weight excluding hydrogens is 606 g/mol. The third-order valence-electron chi connectivity index (χ3n) is 8.88. The topological polar surface area (TPSA) is 115 Å². The van der Waals surface area contributed by atoms with Crippen LogP contribution in [0.15, 0.2) is 163 Å². The van der Waals surface area contributed by atoms with Crippen molar-refractivity contribution in [3.05, 3.63) is 208 Å². The number of aromatic amines is 3. The fraction of sp³-hybridized carbons (Fsp3) is 0. The van der Waals surface area contributed by atoms with Crippen LogP contribution in [0.4, 0.5) is 0 Å². The summed E-state index contributed by atoms with van der Waals surface area (Å²) < 4.78 is 0. The predicted octanol–water partition coefficient (Wildman–Crippen LogP) is 5.58. The van der Waals surface area contributed by atoms with Crippen LogP contribution < -0.4 is 10.7 Å². The Kier molecular flexibility index (Phi) is 6.76. The van der Waals surface area contributed by atoms with Crippen molar-refractivity contribution in [2.45, 2.75) is 0 Å². The summed E-state index contributed by atoms with van der Waals surface area (Å²) >= 11 is 0. The van der Waals surface area contributed by atoms with Crippen LogP contribution in [-0.4, -0.2) is 41.4 Å². The van der Waals surface area contributed by atoms with Crippen molar-refractivity contribution in [2.75, 3.05) is 0 Å². The quantitative estimate of drug-likeness (QED) is 0.236. The van der Waals surface area contributed by atoms with Crippen molar-refractivity contribution in [2.24, 2.45) is 4.99 Å². The van der Waals surface area contributed by atoms with Gasteiger partial charge in [-0.15, -0.1) is 0 Å². The number of carbonyl (C=O) groups is 1. The fourth-order valence-electron chi connectivity index (χ4n) is 6.67. The Hall–Kier alpha value is -6.93. The average Bonchev–Trinajstić information content (AvgIpc) is 3.98. The maximum absolute atomic E-state index is 12.2. The van der Waals surface area contributed by atoms with Crippen LogP contribution in [0.1, 0.15) is 39.5 Å². The maximum Gasteiger partial charge on any atom is 0.178 e. The Labute approximate surface area is 280 Å². The molecule has 0 spiro atoms. The minimum atomic E-state index is -0.0397. The first kappa shape index (κ1) is 28.3. The van der Waals surface area contributed by atoms with E-state index in [2.05, 4.69) is 78.5 Å². The van der Waals surface area contributed by atoms with Gasteiger partial charge < -0.3 is 15.0 Å². The number of carbonyl (C=O) groups excluding carboxylic acids is 1. The Balaban J connectivity index is 1.41. The van der Waals surface area contributed by atoms with Crippen LogP contribution in [0.3, 0.4) is 0 Å². The number of aliphatic imine (C=N–C) groups is 1. The van der Waals surface area contributed by atoms with Gasteiger partial charge in [-0.25, -0.2) is 4.99 Å². The standard InChI is InChI=1S/C41H27N7O/c49-29-3-1-25(2-4-29)38-30-5-7-32(45-30)39(26-13-19-42-20-14-26)34-9-11-36(47-34)41(28-17-23-44-24-18-28)37-12-10-35(48-37)40(27-15-21-43-22-16-27)33-8-6-31(38)46-33/h1-24,45-47H/b39-34-,40-35-,41-36-. The van der Waals surface area contributed by atoms with Gasteiger partial charge in [0.1, 0.15) is 0 Å². The maximum atomic E-state index is 12.2. The monoisotopic (exact) mass is 633 g/mol. The van der Waals surface area contributed by atoms with Crippen molar-refractivity contribution in [1.29, 1.82) is 0 Å². The fourth-order valence-corrected chi connectivity index (χ4v) is 6.67. The lowest BCUT2D eigenvalue weighted by molar-refractivity contribution is -0.110. The summed E-state index contributed by atoms with van der Waals surface area (Å²) in [6, 6.07) is 24.6. The first-order valence-electron chi connectivity index (χ1n) is 15.9. The molecule has 0 radical (unpaired) electrons. The second kappa shape index (κ2) is 11.7. The van der Waals surface area contributed by atoms with E-state index in [0.717, 1.165) is 89.4 Å². The number of fused-ring (bicyclic) bond motifs is 7. The highest BCUT2D eigenvalue weighted by molar-refractivity contribution is 6.30. The van der Waals surface area contributed by atoms with Gasteiger partial charge in [-0.1, -0.05) is 12.2 Å². The third kappa shape index (κ3) is 5.08. The van der Waals surface area contributed by atoms with Gasteiger partial charge >= 0.3 is 0 Å². The summed E-state index contributed by atoms with van der Waals surface area (Å²) in [5, 5.41) is 1.86. The van der Waals surface area contributed by atoms with Crippen LogP contribution in [-0.2, 0) is 4.79 Å². The van der Waals surface area contributed by atoms with Crippen molar-refractivity contribution < 1.29 is 4.79 Å². The average molecular weight is 634 g/mol. The summed E-state index contributed by atoms with van der Waals surface area (Å²) in [7, 11) is 0. The van der Waals surface area contributed by atoms with E-state index >= 15 is 0 Å². The smallest absolute Gasteiger partial charge is 0.178 e. The molecule has 1 aliphatic carbocycles. The largest absolute Gasteiger partial charge is 0.354 e. The van der Waals surface area contributed by atoms with Crippen molar-refractivity contribution in [3.8, 4) is 0 Å². The lowest BCUT2D eigenvalue weighted by atomic mass is 9.98. The van der Waals surface area contributed by atoms with E-state index < -0.39 is 0 Å². The SMILES string of the molecule is O=C1C=CC(=C2c3ccc([nH]3)/C(c3ccncc3)=C3/C=CC(=N3)/C(c3ccncc3)=c3/cc/c([nH]3)=C(\c3ccncc3)c3ccc2[nH]3)C=C1. The Bertz CT molecular complexity index is 2570. The number of allylic oxidation sites excluding steroid dienone is 7. The van der Waals surface area contributed by atoms with E-state index in [1.807, 2.05) is 48.6 Å². The van der Waals surface area contributed by atoms with Crippen molar-refractivity contribution >= 4 is 33.8 Å². The van der Waals surface area contributed by atoms with E-state index in [0.29, 0.717) is 0 Å². The molecule has 0 atom stereocenters. The van der Waals surface area contributed by atoms with Crippen LogP contribution >= 0.6 is 0 Å². The van der Waals surface area contributed by atoms with E-state index in [9.17, 15) is 4.79 Å². The summed E-state index contributed by atoms with van der Waals surface area (Å²) in [6.07, 6.45) is 21.9. The molecule has 2 aliphatic heterocycles. The highest BCUT2D eigenvalue weighted by Gasteiger charge is 2.22. The minimum Gasteiger partial charge on any atom is -0.354 e. The molecule has 0 saturated carbocycles. The van der Waals surface area contributed by atoms with E-state index in [1.54, 1.807) is 49.3 Å². The van der Waals surface area contributed by atoms with Crippen LogP contribution in [0.25, 0.3) is 22.3 Å². The van der Waals surface area contributed by atoms with Gasteiger partial charge in [0.05, 0.1) is 11.4 Å². The molecule has 0 unspecified atom stereocenters. The number of nitrogens with zero attached hydrogens (tertiary/aromatic N) is 4. The molecule has 3 N–H and O–H groups in total. The highest BCUT2D eigenvalue weighted by atomic mass is 16.1. The molecule has 8 bridgehead atoms. The number of H-pyrrole nitrogens is 3. The summed E-state index contributed by atoms with van der Waals surface area (Å²) in [6.45, 7) is 0. The lowest BCUT2D eigenvalue weighted by Crippen LogP contribution is -2.19. The van der Waals surface area contributed by atoms with Gasteiger partial charge in [-0.3, -0.25) is 19.7 Å². The Morgan fingerprint density at radius 3 is 1.45 bits per heavy atom. The molecular formula is C41H27N7O. The van der Waals surface area contributed by atoms with Gasteiger partial charge in [0, 0.05) is 92.9 Å². The molecule has 0 aromatic carbocycles. The van der Waals surface area contributed by atoms with Crippen molar-refractivity contribution in [3.63, 3.8) is 0 Å². The van der Waals surface area contributed by atoms with Gasteiger partial charge in [0.25, 0.3) is 0 Å². The van der Waals surface area contributed by atoms with E-state index in [1.165, 1.54) is 0 Å². The summed E-state index contributed by atoms with van der Waals surface area (Å²) in [4.78, 5) is 41.5. The highest BCUT2D eigenvalue weighted by Crippen LogP contribution is 2.35. The van der Waals surface area contributed by atoms with E-state index in [4.69, 9.17) is 4.99 Å². The summed E-state index contributed by atoms with van der Waals surface area (Å²) in [5.41, 5.74) is 13.0. The zero-order chi connectivity index (χ0) is 32.7. The Morgan fingerprint density at radius 1 is 0.408 bits per heavy atom. The number of hydrogen-bond acceptors (Lipinski definition) is 5. The number of aromatic nitrogens is 6. The van der Waals surface area contributed by atoms with Crippen LogP contribution in [0.2, 0.25) is 0 Å². The molecule has 9 rings (SSSR count). The zero-order valence-electron chi connectivity index (χ0n) is 26.1. The van der Waals surface area contributed by atoms with Gasteiger partial charge in [-0.05, 0) is 119 Å². The number of hydrogen-bond donors (Lipinski definition) is 3. The van der Waals surface area contributed by atoms with Crippen molar-refractivity contribution in [1.82, 2.24) is 29.9 Å². The lowest BCUT2D eigenvalue weighted by Gasteiger charge is -2.12. The predicted molar refractivity (Wildman–Crippen MR) is 190 cm³/mol. The molecule has 232 valence electrons. The van der Waals surface area contributed by atoms with Crippen LogP contribution in [0.5, 0.6) is 0 Å². The van der Waals surface area contributed by atoms with E-state index in [-0.39, 0.29) is 5.78 Å². The molecule has 8 nitrogen and oxygen atoms in total. The van der Waals surface area contributed by atoms with Gasteiger partial charge in [0.15, 0.2) is 5.78 Å². The summed E-state index contributed by atoms with van der Waals surface area (Å²) in [5.74, 6) is -0.0397. The normalized spacial score (nSPS) is 19.1. The molecule has 8 heterocycles. The molecule has 0 saturated heterocycles. The molecule has 8 heteroatoms. The first-order valence-corrected chi connectivity index (χ1v) is 15.9. The number of nitrogens with one attached hydrogen (secondary N) is 3. The zero-order valence-corrected chi connectivity index (χ0v) is 26.1. The molecule has 49 heavy (non-hydrogen) atoms. The molecule has 0 fully saturated rings. The minimum absolute atomic E-state index is 0.0397. The molecule has 0 amide bonds. The van der Waals surface area contributed by atoms with Gasteiger partial charge in [0.2, 0.25) is 0 Å². The Morgan fingerprint density at radius 2 is 0.878 bits per heavy atom. The second-order valence-electron chi connectivity index (χ2n) is 11.8. The molecule has 6 aromatic rings. The number of ketones is 1.